The first-order chi connectivity index (χ1) is 10.8. The van der Waals surface area contributed by atoms with Crippen LogP contribution in [0.5, 0.6) is 0 Å². The van der Waals surface area contributed by atoms with Gasteiger partial charge in [-0.1, -0.05) is 0 Å². The lowest BCUT2D eigenvalue weighted by molar-refractivity contribution is -0.480. The number of carbonyl (C=O) groups excluding carboxylic acids is 3. The van der Waals surface area contributed by atoms with Crippen LogP contribution in [-0.2, 0) is 43.7 Å². The molecule has 0 fully saturated rings. The highest BCUT2D eigenvalue weighted by atomic mass is 17.5. The molecule has 0 aromatic rings. The minimum atomic E-state index is 0.100. The summed E-state index contributed by atoms with van der Waals surface area (Å²) in [4.78, 5) is 48.8. The van der Waals surface area contributed by atoms with Gasteiger partial charge in [0.05, 0.1) is 6.61 Å². The van der Waals surface area contributed by atoms with Gasteiger partial charge in [-0.2, -0.15) is 9.78 Å². The van der Waals surface area contributed by atoms with Crippen LogP contribution in [0.3, 0.4) is 0 Å². The van der Waals surface area contributed by atoms with Crippen molar-refractivity contribution in [3.63, 3.8) is 0 Å². The van der Waals surface area contributed by atoms with E-state index in [1.807, 2.05) is 4.90 Å². The molecule has 0 aliphatic heterocycles. The van der Waals surface area contributed by atoms with E-state index in [9.17, 15) is 14.4 Å². The molecule has 0 heterocycles. The van der Waals surface area contributed by atoms with Crippen LogP contribution in [-0.4, -0.2) is 76.9 Å². The van der Waals surface area contributed by atoms with E-state index < -0.39 is 0 Å². The standard InChI is InChI=1S/C11H20N2O9/c14-9-17-7-4-13(5-8-18-20-10-15)3-1-12-2-6-19-22-21-11-16/h9-12H,1-8H2. The topological polar surface area (TPSA) is 122 Å². The van der Waals surface area contributed by atoms with E-state index >= 15 is 0 Å². The lowest BCUT2D eigenvalue weighted by Crippen LogP contribution is -2.37. The van der Waals surface area contributed by atoms with Gasteiger partial charge in [-0.15, -0.1) is 0 Å². The summed E-state index contributed by atoms with van der Waals surface area (Å²) in [6.07, 6.45) is 0. The zero-order valence-corrected chi connectivity index (χ0v) is 12.0. The van der Waals surface area contributed by atoms with Crippen molar-refractivity contribution in [2.45, 2.75) is 0 Å². The molecule has 0 aromatic heterocycles. The monoisotopic (exact) mass is 324 g/mol. The minimum absolute atomic E-state index is 0.100. The van der Waals surface area contributed by atoms with Gasteiger partial charge in [0.25, 0.3) is 6.47 Å². The fraction of sp³-hybridized carbons (Fsp3) is 0.727. The first-order valence-electron chi connectivity index (χ1n) is 6.44. The predicted molar refractivity (Wildman–Crippen MR) is 68.6 cm³/mol. The molecule has 11 nitrogen and oxygen atoms in total. The Kier molecular flexibility index (Phi) is 15.9. The van der Waals surface area contributed by atoms with E-state index in [4.69, 9.17) is 0 Å². The average molecular weight is 324 g/mol. The zero-order valence-electron chi connectivity index (χ0n) is 12.0. The molecule has 128 valence electrons. The molecule has 0 unspecified atom stereocenters. The molecule has 0 atom stereocenters. The van der Waals surface area contributed by atoms with E-state index in [1.165, 1.54) is 0 Å². The van der Waals surface area contributed by atoms with Crippen LogP contribution < -0.4 is 5.32 Å². The van der Waals surface area contributed by atoms with Gasteiger partial charge >= 0.3 is 12.9 Å². The van der Waals surface area contributed by atoms with Gasteiger partial charge in [-0.25, -0.2) is 0 Å². The van der Waals surface area contributed by atoms with Crippen molar-refractivity contribution < 1.29 is 43.7 Å². The summed E-state index contributed by atoms with van der Waals surface area (Å²) in [7, 11) is 0. The highest BCUT2D eigenvalue weighted by Gasteiger charge is 2.05. The van der Waals surface area contributed by atoms with Crippen molar-refractivity contribution in [2.24, 2.45) is 0 Å². The molecule has 0 bridgehead atoms. The Morgan fingerprint density at radius 1 is 0.773 bits per heavy atom. The van der Waals surface area contributed by atoms with Gasteiger partial charge < -0.3 is 14.9 Å². The number of hydrogen-bond acceptors (Lipinski definition) is 11. The van der Waals surface area contributed by atoms with Crippen molar-refractivity contribution in [3.8, 4) is 0 Å². The molecule has 0 saturated heterocycles. The molecule has 0 aromatic carbocycles. The van der Waals surface area contributed by atoms with E-state index in [0.717, 1.165) is 0 Å². The number of hydrogen-bond donors (Lipinski definition) is 1. The number of nitrogens with one attached hydrogen (secondary N) is 1. The zero-order chi connectivity index (χ0) is 16.3. The van der Waals surface area contributed by atoms with Gasteiger partial charge in [-0.3, -0.25) is 24.2 Å². The fourth-order valence-electron chi connectivity index (χ4n) is 1.36. The fourth-order valence-corrected chi connectivity index (χ4v) is 1.36. The molecule has 0 rings (SSSR count). The Morgan fingerprint density at radius 3 is 2.27 bits per heavy atom. The van der Waals surface area contributed by atoms with Gasteiger partial charge in [0, 0.05) is 32.7 Å². The summed E-state index contributed by atoms with van der Waals surface area (Å²) in [5, 5.41) is 7.08. The average Bonchev–Trinajstić information content (AvgIpc) is 2.53. The maximum absolute atomic E-state index is 10.1. The second-order valence-electron chi connectivity index (χ2n) is 3.66. The van der Waals surface area contributed by atoms with Crippen LogP contribution in [0.2, 0.25) is 0 Å². The lowest BCUT2D eigenvalue weighted by atomic mass is 10.4. The third-order valence-corrected chi connectivity index (χ3v) is 2.29. The van der Waals surface area contributed by atoms with Gasteiger partial charge in [-0.05, 0) is 5.04 Å². The van der Waals surface area contributed by atoms with E-state index in [0.29, 0.717) is 39.2 Å². The Hall–Kier alpha value is -1.79. The van der Waals surface area contributed by atoms with Crippen LogP contribution in [0, 0.1) is 0 Å². The van der Waals surface area contributed by atoms with Crippen LogP contribution in [0.25, 0.3) is 0 Å². The SMILES string of the molecule is O=COCCN(CCNCCOOOC=O)CCOOC=O. The Balaban J connectivity index is 3.64. The largest absolute Gasteiger partial charge is 0.467 e. The molecule has 0 aliphatic carbocycles. The van der Waals surface area contributed by atoms with Gasteiger partial charge in [0.15, 0.2) is 0 Å². The van der Waals surface area contributed by atoms with Crippen molar-refractivity contribution >= 4 is 19.4 Å². The first kappa shape index (κ1) is 20.2. The Bertz CT molecular complexity index is 280. The molecular formula is C11H20N2O9. The van der Waals surface area contributed by atoms with E-state index in [-0.39, 0.29) is 32.8 Å². The molecule has 0 saturated carbocycles. The Morgan fingerprint density at radius 2 is 1.55 bits per heavy atom. The van der Waals surface area contributed by atoms with Crippen LogP contribution >= 0.6 is 0 Å². The van der Waals surface area contributed by atoms with Crippen molar-refractivity contribution in [2.75, 3.05) is 52.5 Å². The lowest BCUT2D eigenvalue weighted by Gasteiger charge is -2.21. The maximum atomic E-state index is 10.1. The summed E-state index contributed by atoms with van der Waals surface area (Å²) >= 11 is 0. The van der Waals surface area contributed by atoms with Crippen LogP contribution in [0.4, 0.5) is 0 Å². The molecule has 0 amide bonds. The molecule has 0 spiro atoms. The van der Waals surface area contributed by atoms with Crippen LogP contribution in [0.15, 0.2) is 0 Å². The van der Waals surface area contributed by atoms with Crippen molar-refractivity contribution in [1.29, 1.82) is 0 Å². The number of ether oxygens (including phenoxy) is 1. The molecule has 0 radical (unpaired) electrons. The third kappa shape index (κ3) is 14.6. The number of rotatable bonds is 18. The molecule has 0 aliphatic rings. The van der Waals surface area contributed by atoms with Gasteiger partial charge in [0.1, 0.15) is 13.2 Å². The van der Waals surface area contributed by atoms with E-state index in [2.05, 4.69) is 34.6 Å². The maximum Gasteiger partial charge on any atom is 0.334 e. The van der Waals surface area contributed by atoms with E-state index in [1.54, 1.807) is 0 Å². The van der Waals surface area contributed by atoms with Gasteiger partial charge in [0.2, 0.25) is 0 Å². The second kappa shape index (κ2) is 17.3. The highest BCUT2D eigenvalue weighted by Crippen LogP contribution is 1.89. The molecular weight excluding hydrogens is 304 g/mol. The quantitative estimate of drug-likeness (QED) is 0.133. The second-order valence-corrected chi connectivity index (χ2v) is 3.66. The normalized spacial score (nSPS) is 10.2. The number of nitrogens with zero attached hydrogens (tertiary/aromatic N) is 1. The smallest absolute Gasteiger partial charge is 0.334 e. The minimum Gasteiger partial charge on any atom is -0.467 e. The first-order valence-corrected chi connectivity index (χ1v) is 6.44. The summed E-state index contributed by atoms with van der Waals surface area (Å²) < 4.78 is 4.62. The summed E-state index contributed by atoms with van der Waals surface area (Å²) in [5.41, 5.74) is 0. The highest BCUT2D eigenvalue weighted by molar-refractivity contribution is 5.36. The predicted octanol–water partition coefficient (Wildman–Crippen LogP) is -1.81. The molecule has 1 N–H and O–H groups in total. The number of carbonyl (C=O) groups is 3. The molecule has 22 heavy (non-hydrogen) atoms. The summed E-state index contributed by atoms with van der Waals surface area (Å²) in [6.45, 7) is 4.04. The molecule has 11 heteroatoms. The third-order valence-electron chi connectivity index (χ3n) is 2.29. The van der Waals surface area contributed by atoms with Crippen molar-refractivity contribution in [3.05, 3.63) is 0 Å². The van der Waals surface area contributed by atoms with Crippen LogP contribution in [0.1, 0.15) is 0 Å². The summed E-state index contributed by atoms with van der Waals surface area (Å²) in [5.74, 6) is 0. The Labute approximate surface area is 127 Å². The van der Waals surface area contributed by atoms with Crippen molar-refractivity contribution in [1.82, 2.24) is 10.2 Å². The summed E-state index contributed by atoms with van der Waals surface area (Å²) in [6, 6.07) is 0.